The van der Waals surface area contributed by atoms with Crippen molar-refractivity contribution in [2.75, 3.05) is 0 Å². The lowest BCUT2D eigenvalue weighted by molar-refractivity contribution is -0.128. The average Bonchev–Trinajstić information content (AvgIpc) is 3.23. The van der Waals surface area contributed by atoms with Gasteiger partial charge in [0, 0.05) is 11.1 Å². The molecule has 29 heavy (non-hydrogen) atoms. The summed E-state index contributed by atoms with van der Waals surface area (Å²) in [5.41, 5.74) is 6.24. The van der Waals surface area contributed by atoms with Crippen molar-refractivity contribution in [1.82, 2.24) is 15.4 Å². The van der Waals surface area contributed by atoms with Crippen molar-refractivity contribution < 1.29 is 10.0 Å². The highest BCUT2D eigenvalue weighted by molar-refractivity contribution is 8.00. The van der Waals surface area contributed by atoms with Crippen molar-refractivity contribution in [3.8, 4) is 22.5 Å². The van der Waals surface area contributed by atoms with Crippen molar-refractivity contribution in [2.24, 2.45) is 0 Å². The number of nitrogens with one attached hydrogen (secondary N) is 2. The van der Waals surface area contributed by atoms with Crippen molar-refractivity contribution in [3.63, 3.8) is 0 Å². The lowest BCUT2D eigenvalue weighted by Crippen LogP contribution is -2.24. The van der Waals surface area contributed by atoms with Gasteiger partial charge in [-0.3, -0.25) is 10.0 Å². The number of nitrogens with zero attached hydrogens (tertiary/aromatic N) is 1. The number of rotatable bonds is 6. The monoisotopic (exact) mass is 401 g/mol. The summed E-state index contributed by atoms with van der Waals surface area (Å²) >= 11 is 1.26. The van der Waals surface area contributed by atoms with E-state index in [1.165, 1.54) is 11.8 Å². The van der Waals surface area contributed by atoms with Crippen molar-refractivity contribution in [2.45, 2.75) is 10.4 Å². The van der Waals surface area contributed by atoms with Crippen LogP contribution in [0.2, 0.25) is 0 Å². The van der Waals surface area contributed by atoms with E-state index < -0.39 is 11.2 Å². The third-order valence-electron chi connectivity index (χ3n) is 4.47. The summed E-state index contributed by atoms with van der Waals surface area (Å²) in [6.07, 6.45) is 0. The Balaban J connectivity index is 1.76. The molecule has 0 aliphatic heterocycles. The van der Waals surface area contributed by atoms with Crippen molar-refractivity contribution >= 4 is 17.7 Å². The molecule has 0 spiro atoms. The summed E-state index contributed by atoms with van der Waals surface area (Å²) in [6.45, 7) is 0. The van der Waals surface area contributed by atoms with Gasteiger partial charge in [-0.05, 0) is 5.56 Å². The van der Waals surface area contributed by atoms with Crippen LogP contribution in [0.25, 0.3) is 22.5 Å². The highest BCUT2D eigenvalue weighted by Crippen LogP contribution is 2.38. The first kappa shape index (κ1) is 19.0. The van der Waals surface area contributed by atoms with E-state index in [0.29, 0.717) is 5.16 Å². The average molecular weight is 401 g/mol. The summed E-state index contributed by atoms with van der Waals surface area (Å²) in [6, 6.07) is 29.2. The van der Waals surface area contributed by atoms with Gasteiger partial charge in [0.25, 0.3) is 5.91 Å². The molecule has 0 saturated heterocycles. The van der Waals surface area contributed by atoms with E-state index in [1.54, 1.807) is 5.48 Å². The van der Waals surface area contributed by atoms with E-state index >= 15 is 0 Å². The fourth-order valence-corrected chi connectivity index (χ4v) is 4.08. The zero-order valence-electron chi connectivity index (χ0n) is 15.4. The molecule has 144 valence electrons. The molecule has 0 radical (unpaired) electrons. The summed E-state index contributed by atoms with van der Waals surface area (Å²) in [4.78, 5) is 20.5. The van der Waals surface area contributed by atoms with Crippen LogP contribution in [0.15, 0.2) is 96.2 Å². The Morgan fingerprint density at radius 3 is 2.00 bits per heavy atom. The summed E-state index contributed by atoms with van der Waals surface area (Å²) < 4.78 is 0. The van der Waals surface area contributed by atoms with Crippen LogP contribution < -0.4 is 5.48 Å². The Labute approximate surface area is 172 Å². The Morgan fingerprint density at radius 1 is 0.862 bits per heavy atom. The standard InChI is InChI=1S/C23H19N3O2S/c27-22(26-28)21(18-14-8-3-9-15-18)29-23-24-19(16-10-4-1-5-11-16)20(25-23)17-12-6-2-7-13-17/h1-15,21,28H,(H,24,25)(H,26,27). The second-order valence-corrected chi connectivity index (χ2v) is 7.48. The largest absolute Gasteiger partial charge is 0.332 e. The quantitative estimate of drug-likeness (QED) is 0.239. The molecule has 0 fully saturated rings. The van der Waals surface area contributed by atoms with Gasteiger partial charge in [0.05, 0.1) is 11.4 Å². The molecule has 1 atom stereocenters. The maximum absolute atomic E-state index is 12.3. The van der Waals surface area contributed by atoms with Gasteiger partial charge in [-0.2, -0.15) is 0 Å². The Morgan fingerprint density at radius 2 is 1.41 bits per heavy atom. The number of carbonyl (C=O) groups excluding carboxylic acids is 1. The van der Waals surface area contributed by atoms with Crippen LogP contribution in [0, 0.1) is 0 Å². The number of carbonyl (C=O) groups is 1. The third-order valence-corrected chi connectivity index (χ3v) is 5.61. The molecule has 4 aromatic rings. The predicted molar refractivity (Wildman–Crippen MR) is 114 cm³/mol. The first-order chi connectivity index (χ1) is 14.3. The maximum atomic E-state index is 12.3. The summed E-state index contributed by atoms with van der Waals surface area (Å²) in [7, 11) is 0. The molecule has 3 N–H and O–H groups in total. The number of hydroxylamine groups is 1. The molecule has 4 rings (SSSR count). The van der Waals surface area contributed by atoms with Crippen LogP contribution in [-0.2, 0) is 4.79 Å². The number of aromatic nitrogens is 2. The van der Waals surface area contributed by atoms with Gasteiger partial charge in [-0.25, -0.2) is 10.5 Å². The fourth-order valence-electron chi connectivity index (χ4n) is 3.10. The predicted octanol–water partition coefficient (Wildman–Crippen LogP) is 5.08. The lowest BCUT2D eigenvalue weighted by Gasteiger charge is -2.13. The highest BCUT2D eigenvalue weighted by atomic mass is 32.2. The van der Waals surface area contributed by atoms with E-state index in [9.17, 15) is 10.0 Å². The SMILES string of the molecule is O=C(NO)C(Sc1nc(-c2ccccc2)c(-c2ccccc2)[nH]1)c1ccccc1. The van der Waals surface area contributed by atoms with E-state index in [1.807, 2.05) is 91.0 Å². The van der Waals surface area contributed by atoms with Gasteiger partial charge in [-0.1, -0.05) is 103 Å². The number of H-pyrrole nitrogens is 1. The molecule has 1 aromatic heterocycles. The van der Waals surface area contributed by atoms with Crippen LogP contribution >= 0.6 is 11.8 Å². The van der Waals surface area contributed by atoms with Crippen LogP contribution in [0.1, 0.15) is 10.8 Å². The zero-order valence-corrected chi connectivity index (χ0v) is 16.3. The smallest absolute Gasteiger partial charge is 0.261 e. The van der Waals surface area contributed by atoms with E-state index in [2.05, 4.69) is 4.98 Å². The molecule has 5 nitrogen and oxygen atoms in total. The van der Waals surface area contributed by atoms with Crippen LogP contribution in [0.5, 0.6) is 0 Å². The molecule has 1 unspecified atom stereocenters. The minimum absolute atomic E-state index is 0.500. The molecule has 0 aliphatic carbocycles. The van der Waals surface area contributed by atoms with Gasteiger partial charge in [0.2, 0.25) is 0 Å². The normalized spacial score (nSPS) is 11.8. The van der Waals surface area contributed by atoms with Crippen LogP contribution in [0.4, 0.5) is 0 Å². The lowest BCUT2D eigenvalue weighted by atomic mass is 10.1. The number of hydrogen-bond acceptors (Lipinski definition) is 4. The second-order valence-electron chi connectivity index (χ2n) is 6.38. The summed E-state index contributed by atoms with van der Waals surface area (Å²) in [5, 5.41) is 9.17. The van der Waals surface area contributed by atoms with E-state index in [4.69, 9.17) is 4.98 Å². The zero-order chi connectivity index (χ0) is 20.1. The van der Waals surface area contributed by atoms with Gasteiger partial charge >= 0.3 is 0 Å². The van der Waals surface area contributed by atoms with E-state index in [-0.39, 0.29) is 0 Å². The second kappa shape index (κ2) is 8.77. The molecule has 6 heteroatoms. The molecule has 0 bridgehead atoms. The number of hydrogen-bond donors (Lipinski definition) is 3. The maximum Gasteiger partial charge on any atom is 0.261 e. The molecule has 3 aromatic carbocycles. The van der Waals surface area contributed by atoms with Crippen molar-refractivity contribution in [3.05, 3.63) is 96.6 Å². The van der Waals surface area contributed by atoms with Crippen LogP contribution in [0.3, 0.4) is 0 Å². The molecule has 1 amide bonds. The number of benzene rings is 3. The molecule has 1 heterocycles. The minimum Gasteiger partial charge on any atom is -0.332 e. The van der Waals surface area contributed by atoms with Gasteiger partial charge in [0.1, 0.15) is 5.25 Å². The van der Waals surface area contributed by atoms with Crippen molar-refractivity contribution in [1.29, 1.82) is 0 Å². The van der Waals surface area contributed by atoms with Gasteiger partial charge in [0.15, 0.2) is 5.16 Å². The first-order valence-corrected chi connectivity index (χ1v) is 10.0. The molecule has 0 saturated carbocycles. The Kier molecular flexibility index (Phi) is 5.74. The third kappa shape index (κ3) is 4.23. The first-order valence-electron chi connectivity index (χ1n) is 9.12. The van der Waals surface area contributed by atoms with Gasteiger partial charge < -0.3 is 4.98 Å². The fraction of sp³-hybridized carbons (Fsp3) is 0.0435. The number of imidazole rings is 1. The number of amides is 1. The topological polar surface area (TPSA) is 78.0 Å². The van der Waals surface area contributed by atoms with Crippen LogP contribution in [-0.4, -0.2) is 21.1 Å². The molecular weight excluding hydrogens is 382 g/mol. The minimum atomic E-state index is -0.639. The van der Waals surface area contributed by atoms with E-state index in [0.717, 1.165) is 28.1 Å². The number of thioether (sulfide) groups is 1. The summed E-state index contributed by atoms with van der Waals surface area (Å²) in [5.74, 6) is -0.500. The Bertz CT molecular complexity index is 1030. The Hall–Kier alpha value is -3.35. The molecule has 0 aliphatic rings. The number of aromatic amines is 1. The van der Waals surface area contributed by atoms with Gasteiger partial charge in [-0.15, -0.1) is 0 Å². The highest BCUT2D eigenvalue weighted by Gasteiger charge is 2.24. The molecular formula is C23H19N3O2S.